The molecule has 0 N–H and O–H groups in total. The van der Waals surface area contributed by atoms with E-state index >= 15 is 0 Å². The zero-order valence-corrected chi connectivity index (χ0v) is 28.9. The Morgan fingerprint density at radius 2 is 0.824 bits per heavy atom. The van der Waals surface area contributed by atoms with Crippen molar-refractivity contribution in [3.63, 3.8) is 0 Å². The van der Waals surface area contributed by atoms with Crippen molar-refractivity contribution in [2.24, 2.45) is 0 Å². The Morgan fingerprint density at radius 1 is 0.392 bits per heavy atom. The van der Waals surface area contributed by atoms with Crippen LogP contribution < -0.4 is 25.9 Å². The van der Waals surface area contributed by atoms with E-state index in [2.05, 4.69) is 178 Å². The highest BCUT2D eigenvalue weighted by atomic mass is 16.5. The molecule has 0 saturated carbocycles. The van der Waals surface area contributed by atoms with Crippen LogP contribution in [-0.2, 0) is 5.41 Å². The fraction of sp³-hybridized carbons (Fsp3) is 0.0833. The summed E-state index contributed by atoms with van der Waals surface area (Å²) in [6.07, 6.45) is 0. The van der Waals surface area contributed by atoms with Crippen molar-refractivity contribution in [1.29, 1.82) is 0 Å². The highest BCUT2D eigenvalue weighted by molar-refractivity contribution is 6.98. The topological polar surface area (TPSA) is 18.5 Å². The normalized spacial score (nSPS) is 12.9. The predicted octanol–water partition coefficient (Wildman–Crippen LogP) is 11.0. The fourth-order valence-electron chi connectivity index (χ4n) is 8.29. The third kappa shape index (κ3) is 4.72. The van der Waals surface area contributed by atoms with Crippen LogP contribution in [0.4, 0.5) is 0 Å². The molecule has 51 heavy (non-hydrogen) atoms. The van der Waals surface area contributed by atoms with Crippen LogP contribution >= 0.6 is 0 Å². The third-order valence-corrected chi connectivity index (χ3v) is 10.7. The highest BCUT2D eigenvalue weighted by Crippen LogP contribution is 2.46. The first-order valence-corrected chi connectivity index (χ1v) is 17.8. The van der Waals surface area contributed by atoms with E-state index < -0.39 is 0 Å². The number of rotatable bonds is 3. The third-order valence-electron chi connectivity index (χ3n) is 10.7. The molecule has 242 valence electrons. The molecule has 2 aliphatic heterocycles. The highest BCUT2D eigenvalue weighted by Gasteiger charge is 2.40. The molecule has 0 atom stereocenters. The summed E-state index contributed by atoms with van der Waals surface area (Å²) in [5.74, 6) is 3.50. The maximum absolute atomic E-state index is 6.70. The molecule has 0 saturated heterocycles. The number of fused-ring (bicyclic) bond motifs is 6. The van der Waals surface area contributed by atoms with E-state index in [-0.39, 0.29) is 12.1 Å². The van der Waals surface area contributed by atoms with Gasteiger partial charge in [0.1, 0.15) is 23.0 Å². The minimum atomic E-state index is -0.0845. The van der Waals surface area contributed by atoms with Crippen molar-refractivity contribution < 1.29 is 9.47 Å². The molecular formula is C48H35BO2. The number of benzene rings is 8. The van der Waals surface area contributed by atoms with Crippen molar-refractivity contribution in [2.75, 3.05) is 0 Å². The number of para-hydroxylation sites is 2. The van der Waals surface area contributed by atoms with Crippen LogP contribution in [0.15, 0.2) is 158 Å². The van der Waals surface area contributed by atoms with E-state index in [1.807, 2.05) is 0 Å². The maximum atomic E-state index is 6.70. The van der Waals surface area contributed by atoms with Crippen LogP contribution in [-0.4, -0.2) is 6.71 Å². The van der Waals surface area contributed by atoms with E-state index in [1.54, 1.807) is 0 Å². The Labute approximate surface area is 299 Å². The molecule has 0 unspecified atom stereocenters. The first-order valence-electron chi connectivity index (χ1n) is 17.8. The second-order valence-electron chi connectivity index (χ2n) is 14.9. The van der Waals surface area contributed by atoms with Gasteiger partial charge >= 0.3 is 0 Å². The van der Waals surface area contributed by atoms with E-state index in [0.717, 1.165) is 39.6 Å². The molecule has 0 fully saturated rings. The monoisotopic (exact) mass is 654 g/mol. The van der Waals surface area contributed by atoms with Gasteiger partial charge in [-0.25, -0.2) is 0 Å². The average Bonchev–Trinajstić information content (AvgIpc) is 3.16. The van der Waals surface area contributed by atoms with Gasteiger partial charge in [-0.2, -0.15) is 0 Å². The van der Waals surface area contributed by atoms with Crippen LogP contribution in [0.5, 0.6) is 23.0 Å². The molecule has 8 aromatic carbocycles. The van der Waals surface area contributed by atoms with Gasteiger partial charge in [0.15, 0.2) is 0 Å². The molecule has 10 rings (SSSR count). The molecule has 2 aliphatic rings. The first kappa shape index (κ1) is 29.8. The van der Waals surface area contributed by atoms with Gasteiger partial charge in [0.05, 0.1) is 0 Å². The van der Waals surface area contributed by atoms with Gasteiger partial charge in [-0.1, -0.05) is 148 Å². The molecule has 0 radical (unpaired) electrons. The Kier molecular flexibility index (Phi) is 6.57. The molecule has 2 nitrogen and oxygen atoms in total. The lowest BCUT2D eigenvalue weighted by Gasteiger charge is -2.33. The molecular weight excluding hydrogens is 619 g/mol. The zero-order valence-electron chi connectivity index (χ0n) is 28.9. The molecule has 0 spiro atoms. The van der Waals surface area contributed by atoms with E-state index in [4.69, 9.17) is 9.47 Å². The van der Waals surface area contributed by atoms with Gasteiger partial charge in [0.25, 0.3) is 6.71 Å². The largest absolute Gasteiger partial charge is 0.458 e. The van der Waals surface area contributed by atoms with Crippen LogP contribution in [0.25, 0.3) is 54.9 Å². The summed E-state index contributed by atoms with van der Waals surface area (Å²) in [5.41, 5.74) is 11.8. The van der Waals surface area contributed by atoms with Gasteiger partial charge < -0.3 is 9.47 Å². The minimum absolute atomic E-state index is 0.0521. The Morgan fingerprint density at radius 3 is 1.35 bits per heavy atom. The van der Waals surface area contributed by atoms with Gasteiger partial charge in [-0.15, -0.1) is 0 Å². The van der Waals surface area contributed by atoms with Crippen molar-refractivity contribution in [1.82, 2.24) is 0 Å². The zero-order chi connectivity index (χ0) is 34.3. The summed E-state index contributed by atoms with van der Waals surface area (Å²) >= 11 is 0. The maximum Gasteiger partial charge on any atom is 0.260 e. The summed E-state index contributed by atoms with van der Waals surface area (Å²) in [5, 5.41) is 5.00. The van der Waals surface area contributed by atoms with Crippen molar-refractivity contribution in [3.05, 3.63) is 163 Å². The van der Waals surface area contributed by atoms with Gasteiger partial charge in [-0.3, -0.25) is 0 Å². The molecule has 0 bridgehead atoms. The fourth-order valence-corrected chi connectivity index (χ4v) is 8.29. The van der Waals surface area contributed by atoms with E-state index in [1.165, 1.54) is 60.3 Å². The van der Waals surface area contributed by atoms with Crippen molar-refractivity contribution in [2.45, 2.75) is 26.2 Å². The molecule has 0 aliphatic carbocycles. The SMILES string of the molecule is CC(C)(C)c1cc(-c2cc3c4c(c2)Oc2ccccc2B4c2ccccc2O3)cc(-c2c3ccccc3c(-c3ccccc3)c3ccccc23)c1. The van der Waals surface area contributed by atoms with Gasteiger partial charge in [0, 0.05) is 5.46 Å². The van der Waals surface area contributed by atoms with Gasteiger partial charge in [0.2, 0.25) is 0 Å². The van der Waals surface area contributed by atoms with E-state index in [9.17, 15) is 0 Å². The lowest BCUT2D eigenvalue weighted by Crippen LogP contribution is -2.57. The number of hydrogen-bond donors (Lipinski definition) is 0. The van der Waals surface area contributed by atoms with E-state index in [0.29, 0.717) is 0 Å². The van der Waals surface area contributed by atoms with Crippen LogP contribution in [0.1, 0.15) is 26.3 Å². The summed E-state index contributed by atoms with van der Waals surface area (Å²) in [7, 11) is 0. The Balaban J connectivity index is 1.23. The molecule has 8 aromatic rings. The van der Waals surface area contributed by atoms with Crippen LogP contribution in [0, 0.1) is 0 Å². The number of hydrogen-bond acceptors (Lipinski definition) is 2. The summed E-state index contributed by atoms with van der Waals surface area (Å²) < 4.78 is 13.4. The summed E-state index contributed by atoms with van der Waals surface area (Å²) in [6.45, 7) is 6.94. The second kappa shape index (κ2) is 11.2. The second-order valence-corrected chi connectivity index (χ2v) is 14.9. The standard InChI is InChI=1S/C48H35BO2/c1-48(2,3)34-26-31(32-28-43-47-44(29-32)51-42-24-14-12-22-40(42)49(47)39-21-11-13-23-41(39)50-43)25-33(27-34)46-37-19-9-7-17-35(37)45(30-15-5-4-6-16-30)36-18-8-10-20-38(36)46/h4-29H,1-3H3. The summed E-state index contributed by atoms with van der Waals surface area (Å²) in [4.78, 5) is 0. The lowest BCUT2D eigenvalue weighted by atomic mass is 9.35. The molecule has 0 amide bonds. The Bertz CT molecular complexity index is 2560. The average molecular weight is 655 g/mol. The molecule has 0 aromatic heterocycles. The van der Waals surface area contributed by atoms with Gasteiger partial charge in [-0.05, 0) is 107 Å². The van der Waals surface area contributed by atoms with Crippen molar-refractivity contribution >= 4 is 44.6 Å². The number of ether oxygens (including phenoxy) is 2. The van der Waals surface area contributed by atoms with Crippen LogP contribution in [0.3, 0.4) is 0 Å². The molecule has 2 heterocycles. The first-order chi connectivity index (χ1) is 24.9. The quantitative estimate of drug-likeness (QED) is 0.139. The van der Waals surface area contributed by atoms with Crippen molar-refractivity contribution in [3.8, 4) is 56.4 Å². The smallest absolute Gasteiger partial charge is 0.260 e. The molecule has 3 heteroatoms. The summed E-state index contributed by atoms with van der Waals surface area (Å²) in [6, 6.07) is 56.9. The minimum Gasteiger partial charge on any atom is -0.458 e. The lowest BCUT2D eigenvalue weighted by molar-refractivity contribution is 0.465. The predicted molar refractivity (Wildman–Crippen MR) is 214 cm³/mol. The Hall–Kier alpha value is -6.06. The van der Waals surface area contributed by atoms with Crippen LogP contribution in [0.2, 0.25) is 0 Å².